The molecular formula is C31H38N4O3Si. The maximum atomic E-state index is 13.6. The summed E-state index contributed by atoms with van der Waals surface area (Å²) in [4.78, 5) is 36.5. The van der Waals surface area contributed by atoms with Crippen LogP contribution in [0.4, 0.5) is 0 Å². The molecule has 1 amide bonds. The van der Waals surface area contributed by atoms with Crippen molar-refractivity contribution in [1.82, 2.24) is 19.3 Å². The van der Waals surface area contributed by atoms with Gasteiger partial charge in [-0.25, -0.2) is 4.98 Å². The molecule has 8 heteroatoms. The van der Waals surface area contributed by atoms with Crippen molar-refractivity contribution in [3.8, 4) is 0 Å². The third kappa shape index (κ3) is 4.34. The Bertz CT molecular complexity index is 1640. The van der Waals surface area contributed by atoms with Gasteiger partial charge in [-0.1, -0.05) is 51.5 Å². The number of benzene rings is 2. The monoisotopic (exact) mass is 542 g/mol. The van der Waals surface area contributed by atoms with Crippen LogP contribution in [0.5, 0.6) is 0 Å². The lowest BCUT2D eigenvalue weighted by molar-refractivity contribution is 0.0751. The molecular weight excluding hydrogens is 504 g/mol. The van der Waals surface area contributed by atoms with Gasteiger partial charge in [-0.2, -0.15) is 0 Å². The molecule has 1 N–H and O–H groups in total. The van der Waals surface area contributed by atoms with E-state index in [4.69, 9.17) is 9.41 Å². The van der Waals surface area contributed by atoms with Crippen molar-refractivity contribution in [3.05, 3.63) is 81.0 Å². The van der Waals surface area contributed by atoms with Crippen LogP contribution in [-0.4, -0.2) is 39.6 Å². The number of aromatic amines is 1. The van der Waals surface area contributed by atoms with Gasteiger partial charge in [-0.15, -0.1) is 0 Å². The molecule has 0 saturated heterocycles. The van der Waals surface area contributed by atoms with E-state index in [1.165, 1.54) is 11.1 Å². The van der Waals surface area contributed by atoms with Gasteiger partial charge in [0.05, 0.1) is 23.3 Å². The van der Waals surface area contributed by atoms with E-state index in [1.807, 2.05) is 40.5 Å². The van der Waals surface area contributed by atoms with Crippen molar-refractivity contribution in [2.75, 3.05) is 0 Å². The third-order valence-corrected chi connectivity index (χ3v) is 13.8. The minimum Gasteiger partial charge on any atom is -0.413 e. The fraction of sp³-hybridized carbons (Fsp3) is 0.452. The average molecular weight is 543 g/mol. The summed E-state index contributed by atoms with van der Waals surface area (Å²) in [7, 11) is -1.97. The van der Waals surface area contributed by atoms with Crippen molar-refractivity contribution in [2.45, 2.75) is 90.2 Å². The molecule has 39 heavy (non-hydrogen) atoms. The second kappa shape index (κ2) is 9.17. The number of amides is 1. The van der Waals surface area contributed by atoms with Gasteiger partial charge in [0.2, 0.25) is 0 Å². The molecule has 1 saturated carbocycles. The van der Waals surface area contributed by atoms with Crippen LogP contribution in [-0.2, 0) is 17.5 Å². The van der Waals surface area contributed by atoms with Crippen LogP contribution in [0.25, 0.3) is 16.6 Å². The van der Waals surface area contributed by atoms with Crippen LogP contribution < -0.4 is 5.56 Å². The first-order valence-corrected chi connectivity index (χ1v) is 16.9. The van der Waals surface area contributed by atoms with Gasteiger partial charge in [-0.05, 0) is 66.7 Å². The van der Waals surface area contributed by atoms with E-state index >= 15 is 0 Å². The second-order valence-electron chi connectivity index (χ2n) is 12.9. The molecule has 7 nitrogen and oxygen atoms in total. The number of rotatable bonds is 4. The Kier molecular flexibility index (Phi) is 6.11. The number of aryl methyl sites for hydroxylation is 1. The first kappa shape index (κ1) is 26.0. The summed E-state index contributed by atoms with van der Waals surface area (Å²) in [6.45, 7) is 14.6. The van der Waals surface area contributed by atoms with Crippen molar-refractivity contribution in [3.63, 3.8) is 0 Å². The van der Waals surface area contributed by atoms with E-state index in [1.54, 1.807) is 6.20 Å². The van der Waals surface area contributed by atoms with Gasteiger partial charge in [0, 0.05) is 24.6 Å². The number of imidazole rings is 1. The van der Waals surface area contributed by atoms with E-state index in [0.717, 1.165) is 36.2 Å². The Morgan fingerprint density at radius 3 is 2.44 bits per heavy atom. The Morgan fingerprint density at radius 1 is 1.08 bits per heavy atom. The van der Waals surface area contributed by atoms with Crippen LogP contribution >= 0.6 is 0 Å². The summed E-state index contributed by atoms with van der Waals surface area (Å²) in [5, 5.41) is 0.120. The number of carbonyl (C=O) groups excluding carboxylic acids is 1. The van der Waals surface area contributed by atoms with Crippen LogP contribution in [0.3, 0.4) is 0 Å². The molecule has 3 heterocycles. The van der Waals surface area contributed by atoms with Gasteiger partial charge < -0.3 is 14.3 Å². The first-order valence-electron chi connectivity index (χ1n) is 14.0. The van der Waals surface area contributed by atoms with Crippen molar-refractivity contribution in [2.24, 2.45) is 0 Å². The molecule has 1 fully saturated rings. The molecule has 2 aliphatic rings. The van der Waals surface area contributed by atoms with Gasteiger partial charge in [0.15, 0.2) is 8.32 Å². The van der Waals surface area contributed by atoms with Gasteiger partial charge >= 0.3 is 0 Å². The van der Waals surface area contributed by atoms with Crippen LogP contribution in [0, 0.1) is 6.92 Å². The van der Waals surface area contributed by atoms with Crippen molar-refractivity contribution in [1.29, 1.82) is 0 Å². The molecule has 0 radical (unpaired) electrons. The highest BCUT2D eigenvalue weighted by atomic mass is 28.4. The molecule has 0 spiro atoms. The summed E-state index contributed by atoms with van der Waals surface area (Å²) < 4.78 is 8.91. The van der Waals surface area contributed by atoms with E-state index in [-0.39, 0.29) is 28.5 Å². The summed E-state index contributed by atoms with van der Waals surface area (Å²) >= 11 is 0. The van der Waals surface area contributed by atoms with Crippen molar-refractivity contribution < 1.29 is 9.22 Å². The van der Waals surface area contributed by atoms with E-state index in [9.17, 15) is 9.59 Å². The molecule has 2 aromatic heterocycles. The number of aromatic nitrogens is 3. The maximum Gasteiger partial charge on any atom is 0.274 e. The Morgan fingerprint density at radius 2 is 1.77 bits per heavy atom. The predicted molar refractivity (Wildman–Crippen MR) is 157 cm³/mol. The maximum absolute atomic E-state index is 13.6. The number of hydrogen-bond donors (Lipinski definition) is 1. The van der Waals surface area contributed by atoms with Crippen molar-refractivity contribution >= 4 is 30.8 Å². The highest BCUT2D eigenvalue weighted by molar-refractivity contribution is 6.74. The lowest BCUT2D eigenvalue weighted by atomic mass is 10.0. The number of H-pyrrole nitrogens is 1. The highest BCUT2D eigenvalue weighted by Crippen LogP contribution is 2.43. The fourth-order valence-corrected chi connectivity index (χ4v) is 7.39. The van der Waals surface area contributed by atoms with Gasteiger partial charge in [0.25, 0.3) is 11.5 Å². The molecule has 0 unspecified atom stereocenters. The number of nitrogens with zero attached hydrogens (tertiary/aromatic N) is 3. The highest BCUT2D eigenvalue weighted by Gasteiger charge is 2.43. The summed E-state index contributed by atoms with van der Waals surface area (Å²) in [6.07, 6.45) is 4.84. The molecule has 4 aromatic rings. The zero-order valence-corrected chi connectivity index (χ0v) is 24.8. The zero-order valence-electron chi connectivity index (χ0n) is 23.8. The second-order valence-corrected chi connectivity index (χ2v) is 17.6. The predicted octanol–water partition coefficient (Wildman–Crippen LogP) is 6.30. The van der Waals surface area contributed by atoms with Gasteiger partial charge in [0.1, 0.15) is 11.3 Å². The minimum absolute atomic E-state index is 0.0176. The number of carbonyl (C=O) groups is 1. The van der Waals surface area contributed by atoms with Crippen LogP contribution in [0.1, 0.15) is 78.8 Å². The molecule has 2 aromatic carbocycles. The summed E-state index contributed by atoms with van der Waals surface area (Å²) in [5.74, 6) is 0.989. The first-order chi connectivity index (χ1) is 18.4. The molecule has 6 rings (SSSR count). The largest absolute Gasteiger partial charge is 0.413 e. The number of hydrogen-bond acceptors (Lipinski definition) is 4. The zero-order chi connectivity index (χ0) is 27.7. The number of nitrogens with one attached hydrogen (secondary N) is 1. The molecule has 0 bridgehead atoms. The quantitative estimate of drug-likeness (QED) is 0.307. The van der Waals surface area contributed by atoms with Gasteiger partial charge in [-0.3, -0.25) is 14.0 Å². The molecule has 204 valence electrons. The third-order valence-electron chi connectivity index (χ3n) is 9.25. The summed E-state index contributed by atoms with van der Waals surface area (Å²) in [6, 6.07) is 12.1. The molecule has 1 aliphatic heterocycles. The smallest absolute Gasteiger partial charge is 0.274 e. The van der Waals surface area contributed by atoms with E-state index in [2.05, 4.69) is 51.0 Å². The van der Waals surface area contributed by atoms with E-state index < -0.39 is 8.32 Å². The fourth-order valence-electron chi connectivity index (χ4n) is 6.00. The standard InChI is InChI=1S/C31H38N4O3Si/c1-19-14-25-24(15-23(19)30(37)34-17-20-10-7-8-11-21(20)18-34)33-29(36)26-16-32-28(35(25)26)22-12-9-13-27(22)38-39(5,6)31(2,3)4/h7-8,10-11,14-16,22,27H,9,12-13,17-18H2,1-6H3,(H,33,36)/t22-,27+/m0/s1. The van der Waals surface area contributed by atoms with Crippen LogP contribution in [0.15, 0.2) is 47.4 Å². The normalized spacial score (nSPS) is 19.8. The average Bonchev–Trinajstić information content (AvgIpc) is 3.61. The SMILES string of the molecule is Cc1cc2c(cc1C(=O)N1Cc3ccccc3C1)[nH]c(=O)c1cnc([C@H]3CCC[C@H]3O[Si](C)(C)C(C)(C)C)n12. The van der Waals surface area contributed by atoms with E-state index in [0.29, 0.717) is 29.7 Å². The Labute approximate surface area is 230 Å². The van der Waals surface area contributed by atoms with Crippen LogP contribution in [0.2, 0.25) is 18.1 Å². The Balaban J connectivity index is 1.40. The topological polar surface area (TPSA) is 79.7 Å². The lowest BCUT2D eigenvalue weighted by Crippen LogP contribution is -2.44. The number of fused-ring (bicyclic) bond motifs is 4. The molecule has 1 aliphatic carbocycles. The molecule has 2 atom stereocenters. The summed E-state index contributed by atoms with van der Waals surface area (Å²) in [5.41, 5.74) is 5.73. The Hall–Kier alpha value is -3.23. The lowest BCUT2D eigenvalue weighted by Gasteiger charge is -2.39. The minimum atomic E-state index is -1.97.